The van der Waals surface area contributed by atoms with E-state index < -0.39 is 16.5 Å². The standard InChI is InChI=1S/2C12H20NSi.2CH3O.Zr/c2*1-11-6-7-12(10-11)14(2,3)13-8-4-5-9-13;2*1-2;/h2*6H,4-5,7-9H2,1-3H3;2*1H3;/q4*-1;+4. The van der Waals surface area contributed by atoms with E-state index in [1.165, 1.54) is 75.9 Å². The van der Waals surface area contributed by atoms with Crippen LogP contribution >= 0.6 is 0 Å². The van der Waals surface area contributed by atoms with Crippen LogP contribution in [0.3, 0.4) is 0 Å². The van der Waals surface area contributed by atoms with Gasteiger partial charge in [-0.1, -0.05) is 52.9 Å². The third-order valence-electron chi connectivity index (χ3n) is 7.19. The maximum atomic E-state index is 8.25. The molecule has 4 nitrogen and oxygen atoms in total. The number of allylic oxidation sites excluding steroid dienone is 8. The smallest absolute Gasteiger partial charge is 0.857 e. The van der Waals surface area contributed by atoms with Crippen molar-refractivity contribution in [2.75, 3.05) is 40.4 Å². The van der Waals surface area contributed by atoms with E-state index in [4.69, 9.17) is 10.2 Å². The van der Waals surface area contributed by atoms with Gasteiger partial charge in [-0.15, -0.1) is 0 Å². The van der Waals surface area contributed by atoms with Gasteiger partial charge in [0.1, 0.15) is 16.5 Å². The molecule has 2 aliphatic heterocycles. The molecule has 0 radical (unpaired) electrons. The minimum absolute atomic E-state index is 0. The molecule has 4 aliphatic rings. The van der Waals surface area contributed by atoms with Crippen LogP contribution in [0.1, 0.15) is 52.4 Å². The Hall–Kier alpha value is 0.117. The molecular formula is C26H46N2O2Si2Zr. The third-order valence-corrected chi connectivity index (χ3v) is 14.9. The van der Waals surface area contributed by atoms with E-state index in [1.54, 1.807) is 10.4 Å². The predicted molar refractivity (Wildman–Crippen MR) is 139 cm³/mol. The average Bonchev–Trinajstić information content (AvgIpc) is 3.59. The molecule has 0 aromatic rings. The molecule has 33 heavy (non-hydrogen) atoms. The first-order chi connectivity index (χ1) is 15.2. The summed E-state index contributed by atoms with van der Waals surface area (Å²) in [6.45, 7) is 19.5. The van der Waals surface area contributed by atoms with E-state index in [2.05, 4.69) is 73.5 Å². The normalized spacial score (nSPS) is 20.7. The zero-order valence-corrected chi connectivity index (χ0v) is 26.9. The largest absolute Gasteiger partial charge is 4.00 e. The molecule has 0 aromatic carbocycles. The van der Waals surface area contributed by atoms with Gasteiger partial charge in [-0.2, -0.15) is 24.6 Å². The average molecular weight is 566 g/mol. The summed E-state index contributed by atoms with van der Waals surface area (Å²) in [4.78, 5) is 0. The quantitative estimate of drug-likeness (QED) is 0.385. The number of nitrogens with zero attached hydrogens (tertiary/aromatic N) is 2. The van der Waals surface area contributed by atoms with Gasteiger partial charge in [0.15, 0.2) is 0 Å². The predicted octanol–water partition coefficient (Wildman–Crippen LogP) is 3.76. The Morgan fingerprint density at radius 2 is 0.909 bits per heavy atom. The Labute approximate surface area is 225 Å². The third kappa shape index (κ3) is 9.25. The molecule has 0 amide bonds. The molecule has 184 valence electrons. The van der Waals surface area contributed by atoms with Crippen LogP contribution in [0.15, 0.2) is 33.7 Å². The maximum Gasteiger partial charge on any atom is 4.00 e. The first-order valence-corrected chi connectivity index (χ1v) is 18.0. The molecule has 2 fully saturated rings. The molecule has 0 N–H and O–H groups in total. The van der Waals surface area contributed by atoms with Crippen molar-refractivity contribution in [3.8, 4) is 0 Å². The van der Waals surface area contributed by atoms with Crippen molar-refractivity contribution in [1.29, 1.82) is 0 Å². The van der Waals surface area contributed by atoms with Crippen LogP contribution in [0.5, 0.6) is 0 Å². The van der Waals surface area contributed by atoms with E-state index >= 15 is 0 Å². The number of hydrogen-bond acceptors (Lipinski definition) is 4. The number of rotatable bonds is 4. The molecule has 0 spiro atoms. The summed E-state index contributed by atoms with van der Waals surface area (Å²) in [5.74, 6) is 0. The zero-order chi connectivity index (χ0) is 24.4. The first-order valence-electron chi connectivity index (χ1n) is 12.1. The summed E-state index contributed by atoms with van der Waals surface area (Å²) in [7, 11) is -1.08. The molecule has 0 saturated carbocycles. The second-order valence-electron chi connectivity index (χ2n) is 9.90. The van der Waals surface area contributed by atoms with Crippen molar-refractivity contribution >= 4 is 16.5 Å². The molecule has 0 aromatic heterocycles. The van der Waals surface area contributed by atoms with E-state index in [9.17, 15) is 0 Å². The Morgan fingerprint density at radius 3 is 1.12 bits per heavy atom. The van der Waals surface area contributed by atoms with Gasteiger partial charge in [0, 0.05) is 0 Å². The van der Waals surface area contributed by atoms with Gasteiger partial charge in [0.2, 0.25) is 0 Å². The van der Waals surface area contributed by atoms with Crippen molar-refractivity contribution in [1.82, 2.24) is 9.13 Å². The Morgan fingerprint density at radius 1 is 0.636 bits per heavy atom. The second-order valence-corrected chi connectivity index (χ2v) is 18.6. The summed E-state index contributed by atoms with van der Waals surface area (Å²) in [5.41, 5.74) is 2.69. The van der Waals surface area contributed by atoms with Gasteiger partial charge >= 0.3 is 26.2 Å². The van der Waals surface area contributed by atoms with Crippen molar-refractivity contribution < 1.29 is 36.4 Å². The molecule has 0 atom stereocenters. The Kier molecular flexibility index (Phi) is 16.0. The summed E-state index contributed by atoms with van der Waals surface area (Å²) < 4.78 is 5.48. The minimum Gasteiger partial charge on any atom is -0.857 e. The zero-order valence-electron chi connectivity index (χ0n) is 22.4. The van der Waals surface area contributed by atoms with Gasteiger partial charge < -0.3 is 19.3 Å². The summed E-state index contributed by atoms with van der Waals surface area (Å²) in [6, 6.07) is 0. The molecule has 0 bridgehead atoms. The van der Waals surface area contributed by atoms with E-state index in [0.717, 1.165) is 14.2 Å². The fraction of sp³-hybridized carbons (Fsp3) is 0.692. The van der Waals surface area contributed by atoms with Crippen molar-refractivity contribution in [3.05, 3.63) is 45.8 Å². The van der Waals surface area contributed by atoms with E-state index in [0.29, 0.717) is 0 Å². The SMILES string of the molecule is CC1=CCC([Si](C)(C)N2CCCC2)=[C-]1.CC1=CCC([Si](C)(C)N2CCCC2)=[C-]1.C[O-].C[O-].[Zr+4]. The topological polar surface area (TPSA) is 52.6 Å². The first kappa shape index (κ1) is 33.1. The molecule has 2 heterocycles. The van der Waals surface area contributed by atoms with Gasteiger partial charge in [0.25, 0.3) is 0 Å². The van der Waals surface area contributed by atoms with Gasteiger partial charge in [0.05, 0.1) is 0 Å². The van der Waals surface area contributed by atoms with Crippen LogP contribution in [0.25, 0.3) is 0 Å². The fourth-order valence-electron chi connectivity index (χ4n) is 4.93. The van der Waals surface area contributed by atoms with Gasteiger partial charge in [-0.3, -0.25) is 12.2 Å². The second kappa shape index (κ2) is 16.0. The van der Waals surface area contributed by atoms with Crippen molar-refractivity contribution in [2.24, 2.45) is 0 Å². The summed E-state index contributed by atoms with van der Waals surface area (Å²) in [6.07, 6.45) is 19.7. The fourth-order valence-corrected chi connectivity index (χ4v) is 10.8. The van der Waals surface area contributed by atoms with Crippen LogP contribution in [-0.2, 0) is 26.2 Å². The van der Waals surface area contributed by atoms with Crippen LogP contribution in [0, 0.1) is 12.2 Å². The monoisotopic (exact) mass is 564 g/mol. The van der Waals surface area contributed by atoms with E-state index in [-0.39, 0.29) is 26.2 Å². The molecular weight excluding hydrogens is 520 g/mol. The molecule has 2 saturated heterocycles. The number of hydrogen-bond donors (Lipinski definition) is 0. The van der Waals surface area contributed by atoms with Crippen LogP contribution in [0.2, 0.25) is 26.2 Å². The molecule has 7 heteroatoms. The van der Waals surface area contributed by atoms with Gasteiger partial charge in [-0.05, 0) is 51.9 Å². The summed E-state index contributed by atoms with van der Waals surface area (Å²) in [5, 5.41) is 19.7. The molecule has 0 unspecified atom stereocenters. The van der Waals surface area contributed by atoms with Crippen LogP contribution < -0.4 is 10.2 Å². The van der Waals surface area contributed by atoms with Crippen molar-refractivity contribution in [2.45, 2.75) is 78.6 Å². The molecule has 4 rings (SSSR count). The Balaban J connectivity index is 0.000000526. The Bertz CT molecular complexity index is 643. The summed E-state index contributed by atoms with van der Waals surface area (Å²) >= 11 is 0. The van der Waals surface area contributed by atoms with Crippen molar-refractivity contribution in [3.63, 3.8) is 0 Å². The van der Waals surface area contributed by atoms with Crippen LogP contribution in [0.4, 0.5) is 0 Å². The minimum atomic E-state index is -1.29. The van der Waals surface area contributed by atoms with Crippen LogP contribution in [-0.4, -0.2) is 66.0 Å². The maximum absolute atomic E-state index is 8.25. The van der Waals surface area contributed by atoms with Gasteiger partial charge in [-0.25, -0.2) is 23.3 Å². The molecule has 2 aliphatic carbocycles. The van der Waals surface area contributed by atoms with E-state index in [1.807, 2.05) is 0 Å².